The molecule has 1 saturated heterocycles. The molecule has 1 saturated carbocycles. The van der Waals surface area contributed by atoms with E-state index in [1.165, 1.54) is 0 Å². The van der Waals surface area contributed by atoms with Crippen LogP contribution in [0, 0.1) is 5.92 Å². The minimum Gasteiger partial charge on any atom is -0.508 e. The molecule has 1 aromatic rings. The van der Waals surface area contributed by atoms with E-state index in [1.54, 1.807) is 12.1 Å². The standard InChI is InChI=1S/C16H22BClO3/c1-9-6-11(9)14-12(7-10(19)8-13(14)18)17-20-15(2,3)16(4,5)21-17/h7-9,11,19H,6H2,1-5H3. The molecule has 2 atom stereocenters. The maximum atomic E-state index is 9.91. The Kier molecular flexibility index (Phi) is 3.36. The lowest BCUT2D eigenvalue weighted by Crippen LogP contribution is -2.41. The fraction of sp³-hybridized carbons (Fsp3) is 0.625. The number of aromatic hydroxyl groups is 1. The highest BCUT2D eigenvalue weighted by Crippen LogP contribution is 2.49. The minimum atomic E-state index is -0.484. The molecule has 114 valence electrons. The van der Waals surface area contributed by atoms with Gasteiger partial charge in [0.2, 0.25) is 0 Å². The van der Waals surface area contributed by atoms with E-state index in [0.29, 0.717) is 16.9 Å². The Morgan fingerprint density at radius 2 is 1.71 bits per heavy atom. The first-order valence-corrected chi connectivity index (χ1v) is 7.88. The van der Waals surface area contributed by atoms with E-state index in [0.717, 1.165) is 17.4 Å². The number of phenols is 1. The summed E-state index contributed by atoms with van der Waals surface area (Å²) < 4.78 is 12.2. The van der Waals surface area contributed by atoms with E-state index >= 15 is 0 Å². The zero-order valence-electron chi connectivity index (χ0n) is 13.2. The van der Waals surface area contributed by atoms with Crippen molar-refractivity contribution in [1.82, 2.24) is 0 Å². The predicted octanol–water partition coefficient (Wildman–Crippen LogP) is 3.47. The van der Waals surface area contributed by atoms with Gasteiger partial charge >= 0.3 is 7.12 Å². The van der Waals surface area contributed by atoms with Gasteiger partial charge in [-0.05, 0) is 69.1 Å². The van der Waals surface area contributed by atoms with Gasteiger partial charge in [-0.3, -0.25) is 0 Å². The summed E-state index contributed by atoms with van der Waals surface area (Å²) in [4.78, 5) is 0. The zero-order chi connectivity index (χ0) is 15.6. The lowest BCUT2D eigenvalue weighted by molar-refractivity contribution is 0.00578. The number of hydrogen-bond acceptors (Lipinski definition) is 3. The summed E-state index contributed by atoms with van der Waals surface area (Å²) >= 11 is 6.38. The Labute approximate surface area is 131 Å². The van der Waals surface area contributed by atoms with Crippen LogP contribution in [0.5, 0.6) is 5.75 Å². The van der Waals surface area contributed by atoms with E-state index < -0.39 is 18.3 Å². The molecule has 2 aliphatic rings. The molecule has 3 rings (SSSR count). The van der Waals surface area contributed by atoms with Gasteiger partial charge in [0, 0.05) is 5.02 Å². The summed E-state index contributed by atoms with van der Waals surface area (Å²) in [5.41, 5.74) is 1.14. The van der Waals surface area contributed by atoms with Crippen molar-refractivity contribution < 1.29 is 14.4 Å². The molecular weight excluding hydrogens is 286 g/mol. The van der Waals surface area contributed by atoms with Crippen LogP contribution in [0.4, 0.5) is 0 Å². The second kappa shape index (κ2) is 4.64. The molecule has 1 heterocycles. The predicted molar refractivity (Wildman–Crippen MR) is 85.4 cm³/mol. The Morgan fingerprint density at radius 3 is 2.19 bits per heavy atom. The van der Waals surface area contributed by atoms with E-state index in [2.05, 4.69) is 6.92 Å². The molecule has 1 aliphatic heterocycles. The average Bonchev–Trinajstić information content (AvgIpc) is 2.97. The number of benzene rings is 1. The highest BCUT2D eigenvalue weighted by atomic mass is 35.5. The molecule has 21 heavy (non-hydrogen) atoms. The van der Waals surface area contributed by atoms with Gasteiger partial charge in [0.25, 0.3) is 0 Å². The van der Waals surface area contributed by atoms with Gasteiger partial charge in [0.15, 0.2) is 0 Å². The van der Waals surface area contributed by atoms with E-state index in [1.807, 2.05) is 27.7 Å². The van der Waals surface area contributed by atoms with Crippen molar-refractivity contribution >= 4 is 24.2 Å². The highest BCUT2D eigenvalue weighted by Gasteiger charge is 2.53. The van der Waals surface area contributed by atoms with Gasteiger partial charge in [-0.1, -0.05) is 18.5 Å². The minimum absolute atomic E-state index is 0.154. The van der Waals surface area contributed by atoms with Gasteiger partial charge in [0.05, 0.1) is 11.2 Å². The maximum absolute atomic E-state index is 9.91. The number of halogens is 1. The third-order valence-corrected chi connectivity index (χ3v) is 5.45. The van der Waals surface area contributed by atoms with E-state index in [-0.39, 0.29) is 5.75 Å². The molecule has 0 amide bonds. The zero-order valence-corrected chi connectivity index (χ0v) is 14.0. The Morgan fingerprint density at radius 1 is 1.19 bits per heavy atom. The number of hydrogen-bond donors (Lipinski definition) is 1. The van der Waals surface area contributed by atoms with Crippen molar-refractivity contribution in [2.45, 2.75) is 58.2 Å². The molecule has 1 aromatic carbocycles. The van der Waals surface area contributed by atoms with Crippen LogP contribution in [0.2, 0.25) is 5.02 Å². The smallest absolute Gasteiger partial charge is 0.495 e. The number of rotatable bonds is 2. The lowest BCUT2D eigenvalue weighted by Gasteiger charge is -2.32. The van der Waals surface area contributed by atoms with Gasteiger partial charge < -0.3 is 14.4 Å². The summed E-state index contributed by atoms with van der Waals surface area (Å²) in [6.45, 7) is 10.3. The third kappa shape index (κ3) is 2.47. The highest BCUT2D eigenvalue weighted by molar-refractivity contribution is 6.63. The second-order valence-electron chi connectivity index (χ2n) is 7.34. The summed E-state index contributed by atoms with van der Waals surface area (Å²) in [5, 5.41) is 10.5. The summed E-state index contributed by atoms with van der Waals surface area (Å²) in [6.07, 6.45) is 1.12. The Balaban J connectivity index is 2.03. The molecule has 2 unspecified atom stereocenters. The molecular formula is C16H22BClO3. The molecule has 2 fully saturated rings. The van der Waals surface area contributed by atoms with Gasteiger partial charge in [-0.2, -0.15) is 0 Å². The average molecular weight is 309 g/mol. The molecule has 0 aromatic heterocycles. The quantitative estimate of drug-likeness (QED) is 0.850. The molecule has 1 aliphatic carbocycles. The Hall–Kier alpha value is -0.705. The van der Waals surface area contributed by atoms with Crippen LogP contribution in [0.1, 0.15) is 52.5 Å². The van der Waals surface area contributed by atoms with Crippen LogP contribution < -0.4 is 5.46 Å². The summed E-state index contributed by atoms with van der Waals surface area (Å²) in [7, 11) is -0.484. The topological polar surface area (TPSA) is 38.7 Å². The molecule has 1 N–H and O–H groups in total. The van der Waals surface area contributed by atoms with Crippen LogP contribution in [0.25, 0.3) is 0 Å². The Bertz CT molecular complexity index is 569. The third-order valence-electron chi connectivity index (χ3n) is 5.13. The maximum Gasteiger partial charge on any atom is 0.495 e. The van der Waals surface area contributed by atoms with Crippen LogP contribution in [-0.4, -0.2) is 23.4 Å². The molecule has 3 nitrogen and oxygen atoms in total. The molecule has 5 heteroatoms. The summed E-state index contributed by atoms with van der Waals surface area (Å²) in [5.74, 6) is 1.21. The fourth-order valence-electron chi connectivity index (χ4n) is 2.90. The molecule has 0 spiro atoms. The van der Waals surface area contributed by atoms with Crippen molar-refractivity contribution in [3.8, 4) is 5.75 Å². The number of phenolic OH excluding ortho intramolecular Hbond substituents is 1. The molecule has 0 radical (unpaired) electrons. The van der Waals surface area contributed by atoms with Crippen LogP contribution in [0.3, 0.4) is 0 Å². The summed E-state index contributed by atoms with van der Waals surface area (Å²) in [6, 6.07) is 3.34. The first-order chi connectivity index (χ1) is 9.62. The molecule has 0 bridgehead atoms. The largest absolute Gasteiger partial charge is 0.508 e. The van der Waals surface area contributed by atoms with Gasteiger partial charge in [0.1, 0.15) is 5.75 Å². The lowest BCUT2D eigenvalue weighted by atomic mass is 9.74. The van der Waals surface area contributed by atoms with Crippen molar-refractivity contribution in [2.75, 3.05) is 0 Å². The first kappa shape index (κ1) is 15.2. The van der Waals surface area contributed by atoms with Gasteiger partial charge in [-0.15, -0.1) is 0 Å². The van der Waals surface area contributed by atoms with Crippen molar-refractivity contribution in [3.63, 3.8) is 0 Å². The van der Waals surface area contributed by atoms with E-state index in [9.17, 15) is 5.11 Å². The van der Waals surface area contributed by atoms with Crippen molar-refractivity contribution in [1.29, 1.82) is 0 Å². The van der Waals surface area contributed by atoms with E-state index in [4.69, 9.17) is 20.9 Å². The van der Waals surface area contributed by atoms with Crippen molar-refractivity contribution in [2.24, 2.45) is 5.92 Å². The van der Waals surface area contributed by atoms with Crippen LogP contribution in [-0.2, 0) is 9.31 Å². The first-order valence-electron chi connectivity index (χ1n) is 7.50. The normalized spacial score (nSPS) is 29.7. The second-order valence-corrected chi connectivity index (χ2v) is 7.75. The monoisotopic (exact) mass is 308 g/mol. The van der Waals surface area contributed by atoms with Crippen LogP contribution in [0.15, 0.2) is 12.1 Å². The SMILES string of the molecule is CC1CC1c1c(Cl)cc(O)cc1B1OC(C)(C)C(C)(C)O1. The van der Waals surface area contributed by atoms with Crippen LogP contribution >= 0.6 is 11.6 Å². The fourth-order valence-corrected chi connectivity index (χ4v) is 3.27. The van der Waals surface area contributed by atoms with Crippen molar-refractivity contribution in [3.05, 3.63) is 22.7 Å². The van der Waals surface area contributed by atoms with Gasteiger partial charge in [-0.25, -0.2) is 0 Å².